The Labute approximate surface area is 144 Å². The Balaban J connectivity index is 2.36. The molecule has 2 aromatic rings. The highest BCUT2D eigenvalue weighted by Crippen LogP contribution is 2.29. The minimum atomic E-state index is -0.427. The quantitative estimate of drug-likeness (QED) is 0.868. The maximum Gasteiger partial charge on any atom is 0.275 e. The first kappa shape index (κ1) is 17.8. The lowest BCUT2D eigenvalue weighted by Crippen LogP contribution is -2.19. The van der Waals surface area contributed by atoms with Gasteiger partial charge in [-0.25, -0.2) is 0 Å². The smallest absolute Gasteiger partial charge is 0.275 e. The number of methoxy groups -OCH3 is 1. The van der Waals surface area contributed by atoms with Gasteiger partial charge in [-0.1, -0.05) is 18.5 Å². The fraction of sp³-hybridized carbons (Fsp3) is 0.312. The second kappa shape index (κ2) is 7.35. The molecule has 0 radical (unpaired) electrons. The summed E-state index contributed by atoms with van der Waals surface area (Å²) < 4.78 is 6.59. The van der Waals surface area contributed by atoms with E-state index >= 15 is 0 Å². The van der Waals surface area contributed by atoms with Crippen molar-refractivity contribution >= 4 is 34.8 Å². The molecule has 128 valence electrons. The zero-order valence-electron chi connectivity index (χ0n) is 13.9. The number of benzene rings is 1. The van der Waals surface area contributed by atoms with E-state index in [0.29, 0.717) is 29.2 Å². The highest BCUT2D eigenvalue weighted by atomic mass is 35.5. The second-order valence-electron chi connectivity index (χ2n) is 5.14. The van der Waals surface area contributed by atoms with Gasteiger partial charge in [0.1, 0.15) is 11.4 Å². The van der Waals surface area contributed by atoms with Crippen LogP contribution in [0.2, 0.25) is 5.02 Å². The highest BCUT2D eigenvalue weighted by Gasteiger charge is 2.20. The lowest BCUT2D eigenvalue weighted by atomic mass is 10.2. The minimum Gasteiger partial charge on any atom is -0.497 e. The van der Waals surface area contributed by atoms with Crippen molar-refractivity contribution in [3.05, 3.63) is 34.6 Å². The van der Waals surface area contributed by atoms with Gasteiger partial charge in [0, 0.05) is 19.5 Å². The van der Waals surface area contributed by atoms with E-state index in [1.807, 2.05) is 0 Å². The van der Waals surface area contributed by atoms with E-state index in [4.69, 9.17) is 16.3 Å². The van der Waals surface area contributed by atoms with E-state index in [0.717, 1.165) is 0 Å². The zero-order chi connectivity index (χ0) is 17.9. The summed E-state index contributed by atoms with van der Waals surface area (Å²) >= 11 is 6.14. The molecule has 0 aliphatic rings. The average molecular weight is 351 g/mol. The third-order valence-electron chi connectivity index (χ3n) is 3.43. The predicted octanol–water partition coefficient (Wildman–Crippen LogP) is 2.99. The van der Waals surface area contributed by atoms with E-state index < -0.39 is 5.91 Å². The maximum absolute atomic E-state index is 12.6. The van der Waals surface area contributed by atoms with Gasteiger partial charge in [-0.15, -0.1) is 0 Å². The molecule has 0 atom stereocenters. The number of halogens is 1. The number of anilines is 2. The number of aryl methyl sites for hydroxylation is 2. The van der Waals surface area contributed by atoms with Gasteiger partial charge in [0.05, 0.1) is 29.2 Å². The lowest BCUT2D eigenvalue weighted by Gasteiger charge is -2.13. The van der Waals surface area contributed by atoms with E-state index in [9.17, 15) is 9.59 Å². The van der Waals surface area contributed by atoms with Gasteiger partial charge in [-0.2, -0.15) is 5.10 Å². The van der Waals surface area contributed by atoms with Gasteiger partial charge < -0.3 is 15.4 Å². The number of aromatic nitrogens is 2. The first-order chi connectivity index (χ1) is 11.4. The minimum absolute atomic E-state index is 0.162. The largest absolute Gasteiger partial charge is 0.497 e. The fourth-order valence-corrected chi connectivity index (χ4v) is 2.41. The Morgan fingerprint density at radius 2 is 2.00 bits per heavy atom. The Hall–Kier alpha value is -2.54. The molecule has 0 spiro atoms. The summed E-state index contributed by atoms with van der Waals surface area (Å²) in [5.74, 6) is -0.0412. The van der Waals surface area contributed by atoms with Crippen LogP contribution in [-0.4, -0.2) is 28.7 Å². The number of nitrogens with one attached hydrogen (secondary N) is 2. The van der Waals surface area contributed by atoms with Crippen LogP contribution in [0.5, 0.6) is 5.75 Å². The number of amides is 2. The monoisotopic (exact) mass is 350 g/mol. The van der Waals surface area contributed by atoms with Gasteiger partial charge in [-0.05, 0) is 19.1 Å². The molecule has 0 saturated carbocycles. The molecule has 0 fully saturated rings. The number of carbonyl (C=O) groups excluding carboxylic acids is 2. The Morgan fingerprint density at radius 1 is 1.29 bits per heavy atom. The molecule has 7 nitrogen and oxygen atoms in total. The number of hydrogen-bond acceptors (Lipinski definition) is 4. The van der Waals surface area contributed by atoms with Gasteiger partial charge >= 0.3 is 0 Å². The zero-order valence-corrected chi connectivity index (χ0v) is 14.7. The summed E-state index contributed by atoms with van der Waals surface area (Å²) in [6, 6.07) is 4.99. The molecule has 1 aromatic heterocycles. The summed E-state index contributed by atoms with van der Waals surface area (Å²) in [6.07, 6.45) is 0.326. The Morgan fingerprint density at radius 3 is 2.54 bits per heavy atom. The Kier molecular flexibility index (Phi) is 5.46. The molecular formula is C16H19ClN4O3. The van der Waals surface area contributed by atoms with E-state index in [-0.39, 0.29) is 16.6 Å². The SMILES string of the molecule is CCC(=O)Nc1ccc(OC)cc1NC(=O)c1c(Cl)c(C)nn1C. The first-order valence-corrected chi connectivity index (χ1v) is 7.73. The van der Waals surface area contributed by atoms with Crippen LogP contribution in [0.15, 0.2) is 18.2 Å². The number of carbonyl (C=O) groups is 2. The van der Waals surface area contributed by atoms with Crippen molar-refractivity contribution in [1.29, 1.82) is 0 Å². The summed E-state index contributed by atoms with van der Waals surface area (Å²) in [5, 5.41) is 9.89. The number of nitrogens with zero attached hydrogens (tertiary/aromatic N) is 2. The molecule has 2 rings (SSSR count). The molecular weight excluding hydrogens is 332 g/mol. The van der Waals surface area contributed by atoms with Crippen molar-refractivity contribution < 1.29 is 14.3 Å². The van der Waals surface area contributed by atoms with Crippen molar-refractivity contribution in [2.75, 3.05) is 17.7 Å². The fourth-order valence-electron chi connectivity index (χ4n) is 2.16. The van der Waals surface area contributed by atoms with E-state index in [1.54, 1.807) is 39.1 Å². The molecule has 1 heterocycles. The number of rotatable bonds is 5. The van der Waals surface area contributed by atoms with Crippen molar-refractivity contribution in [2.24, 2.45) is 7.05 Å². The van der Waals surface area contributed by atoms with Crippen molar-refractivity contribution in [3.8, 4) is 5.75 Å². The lowest BCUT2D eigenvalue weighted by molar-refractivity contribution is -0.115. The highest BCUT2D eigenvalue weighted by molar-refractivity contribution is 6.34. The standard InChI is InChI=1S/C16H19ClN4O3/c1-5-13(22)18-11-7-6-10(24-4)8-12(11)19-16(23)15-14(17)9(2)20-21(15)3/h6-8H,5H2,1-4H3,(H,18,22)(H,19,23). The Bertz CT molecular complexity index is 786. The van der Waals surface area contributed by atoms with Crippen LogP contribution in [0, 0.1) is 6.92 Å². The molecule has 1 aromatic carbocycles. The number of hydrogen-bond donors (Lipinski definition) is 2. The van der Waals surface area contributed by atoms with Gasteiger partial charge in [-0.3, -0.25) is 14.3 Å². The molecule has 8 heteroatoms. The summed E-state index contributed by atoms with van der Waals surface area (Å²) in [7, 11) is 3.16. The molecule has 24 heavy (non-hydrogen) atoms. The van der Waals surface area contributed by atoms with Gasteiger partial charge in [0.25, 0.3) is 5.91 Å². The molecule has 0 bridgehead atoms. The van der Waals surface area contributed by atoms with Gasteiger partial charge in [0.15, 0.2) is 0 Å². The van der Waals surface area contributed by atoms with Crippen molar-refractivity contribution in [1.82, 2.24) is 9.78 Å². The van der Waals surface area contributed by atoms with Crippen molar-refractivity contribution in [2.45, 2.75) is 20.3 Å². The van der Waals surface area contributed by atoms with Crippen molar-refractivity contribution in [3.63, 3.8) is 0 Å². The van der Waals surface area contributed by atoms with E-state index in [2.05, 4.69) is 15.7 Å². The normalized spacial score (nSPS) is 10.4. The third kappa shape index (κ3) is 3.68. The molecule has 2 amide bonds. The van der Waals surface area contributed by atoms with Gasteiger partial charge in [0.2, 0.25) is 5.91 Å². The number of ether oxygens (including phenoxy) is 1. The predicted molar refractivity (Wildman–Crippen MR) is 92.8 cm³/mol. The summed E-state index contributed by atoms with van der Waals surface area (Å²) in [4.78, 5) is 24.2. The van der Waals surface area contributed by atoms with Crippen LogP contribution in [-0.2, 0) is 11.8 Å². The molecule has 0 aliphatic carbocycles. The maximum atomic E-state index is 12.6. The first-order valence-electron chi connectivity index (χ1n) is 7.35. The molecule has 0 aliphatic heterocycles. The molecule has 0 unspecified atom stereocenters. The third-order valence-corrected chi connectivity index (χ3v) is 3.89. The molecule has 0 saturated heterocycles. The summed E-state index contributed by atoms with van der Waals surface area (Å²) in [5.41, 5.74) is 1.70. The molecule has 2 N–H and O–H groups in total. The second-order valence-corrected chi connectivity index (χ2v) is 5.52. The van der Waals surface area contributed by atoms with Crippen LogP contribution in [0.3, 0.4) is 0 Å². The van der Waals surface area contributed by atoms with Crippen LogP contribution in [0.25, 0.3) is 0 Å². The van der Waals surface area contributed by atoms with E-state index in [1.165, 1.54) is 11.8 Å². The summed E-state index contributed by atoms with van der Waals surface area (Å²) in [6.45, 7) is 3.47. The van der Waals surface area contributed by atoms with Crippen LogP contribution >= 0.6 is 11.6 Å². The van der Waals surface area contributed by atoms with Crippen LogP contribution in [0.4, 0.5) is 11.4 Å². The van der Waals surface area contributed by atoms with Crippen LogP contribution < -0.4 is 15.4 Å². The van der Waals surface area contributed by atoms with Crippen LogP contribution in [0.1, 0.15) is 29.5 Å². The average Bonchev–Trinajstić information content (AvgIpc) is 2.81. The topological polar surface area (TPSA) is 85.2 Å².